The third kappa shape index (κ3) is 6.71. The van der Waals surface area contributed by atoms with E-state index in [9.17, 15) is 9.90 Å². The second kappa shape index (κ2) is 13.6. The van der Waals surface area contributed by atoms with Gasteiger partial charge in [-0.2, -0.15) is 0 Å². The highest BCUT2D eigenvalue weighted by Crippen LogP contribution is 2.43. The Morgan fingerprint density at radius 1 is 1.13 bits per heavy atom. The molecule has 0 bridgehead atoms. The van der Waals surface area contributed by atoms with Gasteiger partial charge >= 0.3 is 0 Å². The number of unbranched alkanes of at least 4 members (excludes halogenated alkanes) is 1. The van der Waals surface area contributed by atoms with Crippen LogP contribution in [0.15, 0.2) is 66.7 Å². The Hall–Kier alpha value is -2.74. The summed E-state index contributed by atoms with van der Waals surface area (Å²) in [4.78, 5) is 15.2. The van der Waals surface area contributed by atoms with Gasteiger partial charge in [0.05, 0.1) is 13.2 Å². The van der Waals surface area contributed by atoms with Crippen LogP contribution in [0.2, 0.25) is 5.02 Å². The van der Waals surface area contributed by atoms with Gasteiger partial charge in [0, 0.05) is 43.0 Å². The molecule has 3 N–H and O–H groups in total. The van der Waals surface area contributed by atoms with Gasteiger partial charge in [-0.3, -0.25) is 4.79 Å². The first-order valence-corrected chi connectivity index (χ1v) is 14.1. The van der Waals surface area contributed by atoms with Crippen molar-refractivity contribution in [1.29, 1.82) is 0 Å². The van der Waals surface area contributed by atoms with Crippen LogP contribution in [0.1, 0.15) is 53.2 Å². The third-order valence-corrected chi connectivity index (χ3v) is 7.90. The van der Waals surface area contributed by atoms with Crippen LogP contribution in [0.3, 0.4) is 0 Å². The molecule has 39 heavy (non-hydrogen) atoms. The number of carbonyl (C=O) groups excluding carboxylic acids is 1. The Morgan fingerprint density at radius 3 is 2.62 bits per heavy atom. The minimum absolute atomic E-state index is 0.0874. The lowest BCUT2D eigenvalue weighted by molar-refractivity contribution is -0.146. The smallest absolute Gasteiger partial charge is 0.254 e. The van der Waals surface area contributed by atoms with Crippen LogP contribution in [0, 0.1) is 0 Å². The Bertz CT molecular complexity index is 1250. The van der Waals surface area contributed by atoms with Crippen molar-refractivity contribution in [2.45, 2.75) is 50.9 Å². The van der Waals surface area contributed by atoms with E-state index in [1.54, 1.807) is 12.0 Å². The fourth-order valence-corrected chi connectivity index (χ4v) is 5.61. The van der Waals surface area contributed by atoms with Gasteiger partial charge in [0.1, 0.15) is 11.7 Å². The molecule has 1 saturated heterocycles. The molecule has 6 nitrogen and oxygen atoms in total. The van der Waals surface area contributed by atoms with E-state index >= 15 is 0 Å². The molecule has 3 aromatic rings. The molecule has 4 rings (SSSR count). The molecule has 0 spiro atoms. The molecule has 1 aliphatic rings. The lowest BCUT2D eigenvalue weighted by Crippen LogP contribution is -2.54. The molecule has 7 heteroatoms. The number of ether oxygens (including phenoxy) is 2. The van der Waals surface area contributed by atoms with E-state index < -0.39 is 11.7 Å². The first kappa shape index (κ1) is 29.2. The van der Waals surface area contributed by atoms with Crippen molar-refractivity contribution in [3.8, 4) is 11.1 Å². The second-order valence-electron chi connectivity index (χ2n) is 10.1. The summed E-state index contributed by atoms with van der Waals surface area (Å²) in [5, 5.41) is 13.1. The number of hydrogen-bond acceptors (Lipinski definition) is 5. The fourth-order valence-electron chi connectivity index (χ4n) is 5.32. The minimum atomic E-state index is -1.38. The predicted molar refractivity (Wildman–Crippen MR) is 156 cm³/mol. The van der Waals surface area contributed by atoms with Crippen molar-refractivity contribution in [1.82, 2.24) is 4.90 Å². The quantitative estimate of drug-likeness (QED) is 0.305. The zero-order valence-electron chi connectivity index (χ0n) is 22.9. The summed E-state index contributed by atoms with van der Waals surface area (Å²) in [5.41, 5.74) is 9.57. The number of benzene rings is 3. The highest BCUT2D eigenvalue weighted by Gasteiger charge is 2.44. The van der Waals surface area contributed by atoms with Gasteiger partial charge in [-0.1, -0.05) is 67.1 Å². The Labute approximate surface area is 236 Å². The monoisotopic (exact) mass is 550 g/mol. The van der Waals surface area contributed by atoms with Crippen LogP contribution in [-0.4, -0.2) is 55.4 Å². The summed E-state index contributed by atoms with van der Waals surface area (Å²) in [6, 6.07) is 21.3. The molecule has 1 heterocycles. The summed E-state index contributed by atoms with van der Waals surface area (Å²) < 4.78 is 11.5. The zero-order valence-corrected chi connectivity index (χ0v) is 23.6. The lowest BCUT2D eigenvalue weighted by Gasteiger charge is -2.43. The van der Waals surface area contributed by atoms with Crippen LogP contribution in [0.4, 0.5) is 0 Å². The van der Waals surface area contributed by atoms with Crippen LogP contribution in [-0.2, 0) is 28.0 Å². The van der Waals surface area contributed by atoms with Crippen molar-refractivity contribution in [3.05, 3.63) is 94.0 Å². The van der Waals surface area contributed by atoms with E-state index in [2.05, 4.69) is 19.1 Å². The molecule has 0 aliphatic carbocycles. The predicted octanol–water partition coefficient (Wildman–Crippen LogP) is 5.57. The van der Waals surface area contributed by atoms with Crippen LogP contribution >= 0.6 is 11.6 Å². The maximum Gasteiger partial charge on any atom is 0.254 e. The molecular formula is C32H39ClN2O4. The van der Waals surface area contributed by atoms with E-state index in [0.717, 1.165) is 36.0 Å². The van der Waals surface area contributed by atoms with Crippen LogP contribution in [0.5, 0.6) is 0 Å². The topological polar surface area (TPSA) is 85.0 Å². The molecule has 0 aromatic heterocycles. The molecular weight excluding hydrogens is 512 g/mol. The number of aryl methyl sites for hydroxylation is 1. The Balaban J connectivity index is 1.71. The number of nitrogens with zero attached hydrogens (tertiary/aromatic N) is 1. The molecule has 0 radical (unpaired) electrons. The van der Waals surface area contributed by atoms with Gasteiger partial charge in [0.2, 0.25) is 0 Å². The summed E-state index contributed by atoms with van der Waals surface area (Å²) in [5.74, 6) is -0.0874. The van der Waals surface area contributed by atoms with Crippen LogP contribution in [0.25, 0.3) is 11.1 Å². The maximum absolute atomic E-state index is 13.4. The molecule has 2 atom stereocenters. The normalized spacial score (nSPS) is 17.2. The van der Waals surface area contributed by atoms with E-state index in [0.29, 0.717) is 48.9 Å². The minimum Gasteiger partial charge on any atom is -0.385 e. The SMILES string of the molecule is CCc1cccc(-c2c(Cl)cccc2C(O)(CCCCOC)C2CN(C(=O)c3ccc(CN)cc3)CCO2)c1. The number of nitrogens with two attached hydrogens (primary N) is 1. The molecule has 208 valence electrons. The first-order chi connectivity index (χ1) is 18.9. The number of methoxy groups -OCH3 is 1. The highest BCUT2D eigenvalue weighted by atomic mass is 35.5. The van der Waals surface area contributed by atoms with Crippen molar-refractivity contribution in [2.24, 2.45) is 5.73 Å². The number of morpholine rings is 1. The summed E-state index contributed by atoms with van der Waals surface area (Å²) in [6.07, 6.45) is 2.22. The largest absolute Gasteiger partial charge is 0.385 e. The van der Waals surface area contributed by atoms with Gasteiger partial charge in [0.15, 0.2) is 0 Å². The summed E-state index contributed by atoms with van der Waals surface area (Å²) >= 11 is 6.83. The average molecular weight is 551 g/mol. The molecule has 2 unspecified atom stereocenters. The molecule has 0 saturated carbocycles. The van der Waals surface area contributed by atoms with Crippen molar-refractivity contribution in [2.75, 3.05) is 33.4 Å². The second-order valence-corrected chi connectivity index (χ2v) is 10.5. The van der Waals surface area contributed by atoms with Gasteiger partial charge < -0.3 is 25.2 Å². The molecule has 1 amide bonds. The third-order valence-electron chi connectivity index (χ3n) is 7.58. The maximum atomic E-state index is 13.4. The fraction of sp³-hybridized carbons (Fsp3) is 0.406. The standard InChI is InChI=1S/C32H39ClN2O4/c1-3-23-8-6-9-26(20-23)30-27(10-7-11-28(30)33)32(37,16-4-5-18-38-2)29-22-35(17-19-39-29)31(36)25-14-12-24(21-34)13-15-25/h6-15,20,29,37H,3-5,16-19,21-22,34H2,1-2H3. The van der Waals surface area contributed by atoms with Crippen LogP contribution < -0.4 is 5.73 Å². The first-order valence-electron chi connectivity index (χ1n) is 13.7. The number of amides is 1. The van der Waals surface area contributed by atoms with Gasteiger partial charge in [-0.05, 0) is 66.1 Å². The summed E-state index contributed by atoms with van der Waals surface area (Å²) in [7, 11) is 1.68. The van der Waals surface area contributed by atoms with E-state index in [-0.39, 0.29) is 12.5 Å². The molecule has 3 aromatic carbocycles. The number of halogens is 1. The van der Waals surface area contributed by atoms with E-state index in [1.807, 2.05) is 54.6 Å². The molecule has 1 fully saturated rings. The van der Waals surface area contributed by atoms with Crippen molar-refractivity contribution >= 4 is 17.5 Å². The Kier molecular flexibility index (Phi) is 10.2. The Morgan fingerprint density at radius 2 is 1.90 bits per heavy atom. The summed E-state index contributed by atoms with van der Waals surface area (Å²) in [6.45, 7) is 4.19. The number of carbonyl (C=O) groups is 1. The van der Waals surface area contributed by atoms with Gasteiger partial charge in [-0.15, -0.1) is 0 Å². The van der Waals surface area contributed by atoms with Gasteiger partial charge in [0.25, 0.3) is 5.91 Å². The highest BCUT2D eigenvalue weighted by molar-refractivity contribution is 6.33. The van der Waals surface area contributed by atoms with Crippen molar-refractivity contribution < 1.29 is 19.4 Å². The zero-order chi connectivity index (χ0) is 27.8. The lowest BCUT2D eigenvalue weighted by atomic mass is 9.78. The number of aliphatic hydroxyl groups is 1. The molecule has 1 aliphatic heterocycles. The van der Waals surface area contributed by atoms with Crippen molar-refractivity contribution in [3.63, 3.8) is 0 Å². The van der Waals surface area contributed by atoms with E-state index in [4.69, 9.17) is 26.8 Å². The number of hydrogen-bond donors (Lipinski definition) is 2. The average Bonchev–Trinajstić information content (AvgIpc) is 2.98. The number of rotatable bonds is 11. The van der Waals surface area contributed by atoms with Gasteiger partial charge in [-0.25, -0.2) is 0 Å². The van der Waals surface area contributed by atoms with E-state index in [1.165, 1.54) is 5.56 Å².